The third-order valence-electron chi connectivity index (χ3n) is 5.56. The Balaban J connectivity index is 1.54. The maximum Gasteiger partial charge on any atom is 0.0399 e. The zero-order valence-electron chi connectivity index (χ0n) is 14.9. The van der Waals surface area contributed by atoms with Crippen LogP contribution in [0.3, 0.4) is 0 Å². The van der Waals surface area contributed by atoms with E-state index in [9.17, 15) is 0 Å². The van der Waals surface area contributed by atoms with E-state index in [1.54, 1.807) is 0 Å². The molecule has 0 spiro atoms. The molecule has 2 heterocycles. The van der Waals surface area contributed by atoms with E-state index in [0.29, 0.717) is 6.04 Å². The van der Waals surface area contributed by atoms with Crippen LogP contribution in [0.1, 0.15) is 31.7 Å². The zero-order chi connectivity index (χ0) is 17.1. The molecule has 4 rings (SSSR count). The molecule has 0 N–H and O–H groups in total. The summed E-state index contributed by atoms with van der Waals surface area (Å²) in [4.78, 5) is 6.80. The van der Waals surface area contributed by atoms with Crippen molar-refractivity contribution in [2.24, 2.45) is 5.92 Å². The molecule has 25 heavy (non-hydrogen) atoms. The summed E-state index contributed by atoms with van der Waals surface area (Å²) in [7, 11) is 0. The van der Waals surface area contributed by atoms with Gasteiger partial charge >= 0.3 is 0 Å². The lowest BCUT2D eigenvalue weighted by Crippen LogP contribution is -2.43. The third kappa shape index (κ3) is 3.53. The summed E-state index contributed by atoms with van der Waals surface area (Å²) in [6.07, 6.45) is 8.80. The Labute approximate surface area is 150 Å². The Kier molecular flexibility index (Phi) is 4.69. The number of benzene rings is 2. The summed E-state index contributed by atoms with van der Waals surface area (Å²) < 4.78 is 0. The minimum Gasteiger partial charge on any atom is -0.368 e. The number of nitrogens with zero attached hydrogens (tertiary/aromatic N) is 2. The lowest BCUT2D eigenvalue weighted by atomic mass is 9.89. The van der Waals surface area contributed by atoms with Crippen LogP contribution in [0.2, 0.25) is 0 Å². The summed E-state index contributed by atoms with van der Waals surface area (Å²) in [5, 5.41) is 2.76. The Morgan fingerprint density at radius 1 is 0.960 bits per heavy atom. The lowest BCUT2D eigenvalue weighted by Gasteiger charge is -2.40. The minimum absolute atomic E-state index is 0.623. The SMILES string of the molecule is CC1CCC(CCc2cccc3ccccc23)N(c2ccncc2)C1. The van der Waals surface area contributed by atoms with E-state index in [4.69, 9.17) is 0 Å². The van der Waals surface area contributed by atoms with Crippen LogP contribution >= 0.6 is 0 Å². The van der Waals surface area contributed by atoms with Gasteiger partial charge in [0.2, 0.25) is 0 Å². The number of hydrogen-bond acceptors (Lipinski definition) is 2. The molecule has 0 radical (unpaired) electrons. The van der Waals surface area contributed by atoms with Crippen molar-refractivity contribution < 1.29 is 0 Å². The molecule has 0 amide bonds. The maximum absolute atomic E-state index is 4.19. The first-order chi connectivity index (χ1) is 12.3. The van der Waals surface area contributed by atoms with E-state index in [1.807, 2.05) is 12.4 Å². The summed E-state index contributed by atoms with van der Waals surface area (Å²) in [6.45, 7) is 3.53. The van der Waals surface area contributed by atoms with Crippen LogP contribution in [-0.2, 0) is 6.42 Å². The van der Waals surface area contributed by atoms with Gasteiger partial charge in [0.05, 0.1) is 0 Å². The quantitative estimate of drug-likeness (QED) is 0.630. The van der Waals surface area contributed by atoms with Crippen LogP contribution < -0.4 is 4.90 Å². The molecule has 0 aliphatic carbocycles. The highest BCUT2D eigenvalue weighted by molar-refractivity contribution is 5.85. The Morgan fingerprint density at radius 3 is 2.64 bits per heavy atom. The fourth-order valence-corrected chi connectivity index (χ4v) is 4.19. The number of hydrogen-bond donors (Lipinski definition) is 0. The van der Waals surface area contributed by atoms with Gasteiger partial charge in [-0.2, -0.15) is 0 Å². The molecular formula is C23H26N2. The van der Waals surface area contributed by atoms with Gasteiger partial charge in [-0.1, -0.05) is 49.4 Å². The topological polar surface area (TPSA) is 16.1 Å². The van der Waals surface area contributed by atoms with E-state index in [-0.39, 0.29) is 0 Å². The molecule has 1 saturated heterocycles. The van der Waals surface area contributed by atoms with Crippen LogP contribution in [0.25, 0.3) is 10.8 Å². The van der Waals surface area contributed by atoms with Crippen LogP contribution in [0, 0.1) is 5.92 Å². The van der Waals surface area contributed by atoms with E-state index in [0.717, 1.165) is 18.9 Å². The Hall–Kier alpha value is -2.35. The van der Waals surface area contributed by atoms with E-state index >= 15 is 0 Å². The molecule has 0 saturated carbocycles. The molecule has 1 aromatic heterocycles. The van der Waals surface area contributed by atoms with Crippen molar-refractivity contribution in [2.45, 2.75) is 38.6 Å². The van der Waals surface area contributed by atoms with Gasteiger partial charge in [0.1, 0.15) is 0 Å². The number of pyridine rings is 1. The standard InChI is InChI=1S/C23H26N2/c1-18-9-11-21(25(17-18)22-13-15-24-16-14-22)12-10-20-7-4-6-19-5-2-3-8-23(19)20/h2-8,13-16,18,21H,9-12,17H2,1H3. The second kappa shape index (κ2) is 7.26. The fourth-order valence-electron chi connectivity index (χ4n) is 4.19. The predicted octanol–water partition coefficient (Wildman–Crippen LogP) is 5.47. The molecule has 1 aliphatic rings. The number of aromatic nitrogens is 1. The van der Waals surface area contributed by atoms with Crippen LogP contribution in [-0.4, -0.2) is 17.6 Å². The van der Waals surface area contributed by atoms with Gasteiger partial charge in [0.25, 0.3) is 0 Å². The number of anilines is 1. The Bertz CT molecular complexity index is 822. The first kappa shape index (κ1) is 16.1. The molecule has 1 fully saturated rings. The summed E-state index contributed by atoms with van der Waals surface area (Å²) in [5.41, 5.74) is 2.80. The van der Waals surface area contributed by atoms with Gasteiger partial charge in [-0.05, 0) is 60.1 Å². The summed E-state index contributed by atoms with van der Waals surface area (Å²) in [5.74, 6) is 0.766. The normalized spacial score (nSPS) is 20.8. The largest absolute Gasteiger partial charge is 0.368 e. The molecule has 2 unspecified atom stereocenters. The lowest BCUT2D eigenvalue weighted by molar-refractivity contribution is 0.363. The van der Waals surface area contributed by atoms with Gasteiger partial charge in [-0.3, -0.25) is 4.98 Å². The van der Waals surface area contributed by atoms with Gasteiger partial charge < -0.3 is 4.90 Å². The molecule has 2 aromatic carbocycles. The zero-order valence-corrected chi connectivity index (χ0v) is 14.9. The molecule has 0 bridgehead atoms. The average molecular weight is 330 g/mol. The van der Waals surface area contributed by atoms with Crippen LogP contribution in [0.15, 0.2) is 67.0 Å². The molecular weight excluding hydrogens is 304 g/mol. The molecule has 1 aliphatic heterocycles. The van der Waals surface area contributed by atoms with Crippen molar-refractivity contribution in [3.05, 3.63) is 72.6 Å². The summed E-state index contributed by atoms with van der Waals surface area (Å²) in [6, 6.07) is 20.4. The second-order valence-electron chi connectivity index (χ2n) is 7.37. The molecule has 2 heteroatoms. The second-order valence-corrected chi connectivity index (χ2v) is 7.37. The maximum atomic E-state index is 4.19. The highest BCUT2D eigenvalue weighted by Crippen LogP contribution is 2.30. The third-order valence-corrected chi connectivity index (χ3v) is 5.56. The fraction of sp³-hybridized carbons (Fsp3) is 0.348. The van der Waals surface area contributed by atoms with Crippen molar-refractivity contribution in [1.29, 1.82) is 0 Å². The van der Waals surface area contributed by atoms with E-state index < -0.39 is 0 Å². The highest BCUT2D eigenvalue weighted by Gasteiger charge is 2.26. The first-order valence-electron chi connectivity index (χ1n) is 9.44. The van der Waals surface area contributed by atoms with Crippen molar-refractivity contribution in [1.82, 2.24) is 4.98 Å². The van der Waals surface area contributed by atoms with E-state index in [1.165, 1.54) is 41.3 Å². The molecule has 3 aromatic rings. The highest BCUT2D eigenvalue weighted by atomic mass is 15.2. The monoisotopic (exact) mass is 330 g/mol. The number of rotatable bonds is 4. The molecule has 2 atom stereocenters. The molecule has 128 valence electrons. The van der Waals surface area contributed by atoms with Gasteiger partial charge in [-0.15, -0.1) is 0 Å². The summed E-state index contributed by atoms with van der Waals surface area (Å²) >= 11 is 0. The van der Waals surface area contributed by atoms with Gasteiger partial charge in [-0.25, -0.2) is 0 Å². The van der Waals surface area contributed by atoms with Crippen LogP contribution in [0.4, 0.5) is 5.69 Å². The average Bonchev–Trinajstić information content (AvgIpc) is 2.67. The van der Waals surface area contributed by atoms with Gasteiger partial charge in [0, 0.05) is 30.7 Å². The minimum atomic E-state index is 0.623. The van der Waals surface area contributed by atoms with Crippen molar-refractivity contribution >= 4 is 16.5 Å². The number of fused-ring (bicyclic) bond motifs is 1. The Morgan fingerprint density at radius 2 is 1.76 bits per heavy atom. The van der Waals surface area contributed by atoms with Crippen molar-refractivity contribution in [3.63, 3.8) is 0 Å². The van der Waals surface area contributed by atoms with Crippen LogP contribution in [0.5, 0.6) is 0 Å². The smallest absolute Gasteiger partial charge is 0.0399 e. The predicted molar refractivity (Wildman–Crippen MR) is 106 cm³/mol. The van der Waals surface area contributed by atoms with E-state index in [2.05, 4.69) is 71.4 Å². The van der Waals surface area contributed by atoms with Gasteiger partial charge in [0.15, 0.2) is 0 Å². The molecule has 2 nitrogen and oxygen atoms in total. The van der Waals surface area contributed by atoms with Crippen molar-refractivity contribution in [3.8, 4) is 0 Å². The number of piperidine rings is 1. The number of aryl methyl sites for hydroxylation is 1. The first-order valence-corrected chi connectivity index (χ1v) is 9.44. The van der Waals surface area contributed by atoms with Crippen molar-refractivity contribution in [2.75, 3.05) is 11.4 Å².